The Balaban J connectivity index is 2.24. The topological polar surface area (TPSA) is 90.1 Å². The van der Waals surface area contributed by atoms with Gasteiger partial charge in [-0.3, -0.25) is 19.6 Å². The van der Waals surface area contributed by atoms with Crippen LogP contribution < -0.4 is 5.32 Å². The molecule has 2 rings (SSSR count). The molecule has 1 aromatic carbocycles. The predicted molar refractivity (Wildman–Crippen MR) is 64.2 cm³/mol. The van der Waals surface area contributed by atoms with Gasteiger partial charge in [0.05, 0.1) is 16.8 Å². The Morgan fingerprint density at radius 3 is 2.84 bits per heavy atom. The van der Waals surface area contributed by atoms with E-state index in [4.69, 9.17) is 0 Å². The number of hydrogen-bond donors (Lipinski definition) is 1. The van der Waals surface area contributed by atoms with E-state index in [2.05, 4.69) is 10.4 Å². The van der Waals surface area contributed by atoms with Gasteiger partial charge in [-0.2, -0.15) is 9.49 Å². The lowest BCUT2D eigenvalue weighted by Gasteiger charge is -2.02. The van der Waals surface area contributed by atoms with Crippen LogP contribution in [-0.4, -0.2) is 20.6 Å². The van der Waals surface area contributed by atoms with Gasteiger partial charge in [-0.25, -0.2) is 0 Å². The molecule has 0 aliphatic carbocycles. The van der Waals surface area contributed by atoms with Gasteiger partial charge < -0.3 is 5.32 Å². The van der Waals surface area contributed by atoms with E-state index in [1.54, 1.807) is 13.2 Å². The molecule has 8 heteroatoms. The number of aromatic nitrogens is 2. The van der Waals surface area contributed by atoms with Gasteiger partial charge in [-0.05, 0) is 12.1 Å². The highest BCUT2D eigenvalue weighted by atomic mass is 19.1. The number of halogens is 1. The molecule has 7 nitrogen and oxygen atoms in total. The fraction of sp³-hybridized carbons (Fsp3) is 0.0909. The maximum atomic E-state index is 13.1. The highest BCUT2D eigenvalue weighted by Crippen LogP contribution is 2.19. The van der Waals surface area contributed by atoms with Crippen molar-refractivity contribution in [3.63, 3.8) is 0 Å². The minimum absolute atomic E-state index is 0.00282. The van der Waals surface area contributed by atoms with Gasteiger partial charge in [0.15, 0.2) is 0 Å². The number of carbonyl (C=O) groups is 1. The maximum absolute atomic E-state index is 13.1. The fourth-order valence-corrected chi connectivity index (χ4v) is 1.48. The number of nitrogens with zero attached hydrogens (tertiary/aromatic N) is 3. The van der Waals surface area contributed by atoms with Crippen LogP contribution in [-0.2, 0) is 7.05 Å². The molecule has 1 amide bonds. The fourth-order valence-electron chi connectivity index (χ4n) is 1.48. The molecule has 98 valence electrons. The summed E-state index contributed by atoms with van der Waals surface area (Å²) < 4.78 is 14.6. The Morgan fingerprint density at radius 1 is 1.53 bits per heavy atom. The molecule has 1 heterocycles. The van der Waals surface area contributed by atoms with Gasteiger partial charge in [-0.1, -0.05) is 0 Å². The molecule has 0 aliphatic rings. The van der Waals surface area contributed by atoms with Crippen molar-refractivity contribution in [3.8, 4) is 0 Å². The van der Waals surface area contributed by atoms with Crippen LogP contribution in [0.5, 0.6) is 0 Å². The highest BCUT2D eigenvalue weighted by molar-refractivity contribution is 6.04. The molecule has 0 fully saturated rings. The number of aryl methyl sites for hydroxylation is 1. The quantitative estimate of drug-likeness (QED) is 0.675. The molecule has 1 N–H and O–H groups in total. The number of amides is 1. The number of hydrogen-bond acceptors (Lipinski definition) is 4. The average Bonchev–Trinajstić information content (AvgIpc) is 2.74. The molecule has 0 bridgehead atoms. The number of nitro groups is 1. The Morgan fingerprint density at radius 2 is 2.26 bits per heavy atom. The number of anilines is 1. The predicted octanol–water partition coefficient (Wildman–Crippen LogP) is 1.72. The van der Waals surface area contributed by atoms with Crippen LogP contribution in [0.25, 0.3) is 0 Å². The molecule has 0 spiro atoms. The SMILES string of the molecule is Cn1cc(NC(=O)c2ccc(F)c([N+](=O)[O-])c2)cn1. The zero-order valence-corrected chi connectivity index (χ0v) is 9.83. The second-order valence-corrected chi connectivity index (χ2v) is 3.78. The van der Waals surface area contributed by atoms with Crippen LogP contribution >= 0.6 is 0 Å². The first-order chi connectivity index (χ1) is 8.97. The second-order valence-electron chi connectivity index (χ2n) is 3.78. The van der Waals surface area contributed by atoms with E-state index in [1.807, 2.05) is 0 Å². The Kier molecular flexibility index (Phi) is 3.23. The number of benzene rings is 1. The zero-order chi connectivity index (χ0) is 14.0. The summed E-state index contributed by atoms with van der Waals surface area (Å²) in [6.45, 7) is 0. The van der Waals surface area contributed by atoms with Crippen molar-refractivity contribution in [3.05, 3.63) is 52.1 Å². The minimum atomic E-state index is -0.983. The lowest BCUT2D eigenvalue weighted by atomic mass is 10.2. The third-order valence-corrected chi connectivity index (χ3v) is 2.37. The van der Waals surface area contributed by atoms with Crippen LogP contribution in [0.15, 0.2) is 30.6 Å². The summed E-state index contributed by atoms with van der Waals surface area (Å²) in [6, 6.07) is 2.95. The number of rotatable bonds is 3. The maximum Gasteiger partial charge on any atom is 0.305 e. The molecule has 0 unspecified atom stereocenters. The van der Waals surface area contributed by atoms with Crippen molar-refractivity contribution >= 4 is 17.3 Å². The molecule has 19 heavy (non-hydrogen) atoms. The van der Waals surface area contributed by atoms with Crippen LogP contribution in [0, 0.1) is 15.9 Å². The van der Waals surface area contributed by atoms with E-state index in [9.17, 15) is 19.3 Å². The summed E-state index contributed by atoms with van der Waals surface area (Å²) in [7, 11) is 1.68. The van der Waals surface area contributed by atoms with Crippen LogP contribution in [0.4, 0.5) is 15.8 Å². The number of nitro benzene ring substituents is 1. The van der Waals surface area contributed by atoms with Crippen molar-refractivity contribution < 1.29 is 14.1 Å². The normalized spacial score (nSPS) is 10.2. The standard InChI is InChI=1S/C11H9FN4O3/c1-15-6-8(5-13-15)14-11(17)7-2-3-9(12)10(4-7)16(18)19/h2-6H,1H3,(H,14,17). The Labute approximate surface area is 106 Å². The minimum Gasteiger partial charge on any atom is -0.319 e. The summed E-state index contributed by atoms with van der Waals surface area (Å²) in [5, 5.41) is 16.9. The zero-order valence-electron chi connectivity index (χ0n) is 9.83. The third kappa shape index (κ3) is 2.73. The second kappa shape index (κ2) is 4.84. The summed E-state index contributed by atoms with van der Waals surface area (Å²) in [5.41, 5.74) is -0.296. The monoisotopic (exact) mass is 264 g/mol. The van der Waals surface area contributed by atoms with Gasteiger partial charge in [-0.15, -0.1) is 0 Å². The van der Waals surface area contributed by atoms with E-state index in [0.29, 0.717) is 5.69 Å². The summed E-state index contributed by atoms with van der Waals surface area (Å²) >= 11 is 0. The van der Waals surface area contributed by atoms with Crippen LogP contribution in [0.3, 0.4) is 0 Å². The smallest absolute Gasteiger partial charge is 0.305 e. The summed E-state index contributed by atoms with van der Waals surface area (Å²) in [5.74, 6) is -1.56. The average molecular weight is 264 g/mol. The molecule has 0 saturated carbocycles. The lowest BCUT2D eigenvalue weighted by molar-refractivity contribution is -0.387. The van der Waals surface area contributed by atoms with Gasteiger partial charge in [0, 0.05) is 24.9 Å². The van der Waals surface area contributed by atoms with Gasteiger partial charge >= 0.3 is 5.69 Å². The molecular formula is C11H9FN4O3. The van der Waals surface area contributed by atoms with E-state index in [1.165, 1.54) is 16.9 Å². The Bertz CT molecular complexity index is 653. The molecule has 0 atom stereocenters. The molecule has 0 aliphatic heterocycles. The molecule has 1 aromatic heterocycles. The van der Waals surface area contributed by atoms with Crippen LogP contribution in [0.2, 0.25) is 0 Å². The van der Waals surface area contributed by atoms with Crippen molar-refractivity contribution in [2.45, 2.75) is 0 Å². The van der Waals surface area contributed by atoms with E-state index in [0.717, 1.165) is 12.1 Å². The summed E-state index contributed by atoms with van der Waals surface area (Å²) in [4.78, 5) is 21.5. The first kappa shape index (κ1) is 12.7. The Hall–Kier alpha value is -2.77. The largest absolute Gasteiger partial charge is 0.319 e. The van der Waals surface area contributed by atoms with Crippen molar-refractivity contribution in [1.82, 2.24) is 9.78 Å². The van der Waals surface area contributed by atoms with Crippen molar-refractivity contribution in [2.75, 3.05) is 5.32 Å². The summed E-state index contributed by atoms with van der Waals surface area (Å²) in [6.07, 6.45) is 2.99. The molecule has 2 aromatic rings. The van der Waals surface area contributed by atoms with E-state index >= 15 is 0 Å². The van der Waals surface area contributed by atoms with Gasteiger partial charge in [0.25, 0.3) is 5.91 Å². The first-order valence-corrected chi connectivity index (χ1v) is 5.21. The molecule has 0 saturated heterocycles. The van der Waals surface area contributed by atoms with Crippen molar-refractivity contribution in [2.24, 2.45) is 7.05 Å². The van der Waals surface area contributed by atoms with E-state index in [-0.39, 0.29) is 5.56 Å². The number of carbonyl (C=O) groups excluding carboxylic acids is 1. The lowest BCUT2D eigenvalue weighted by Crippen LogP contribution is -2.12. The van der Waals surface area contributed by atoms with Crippen molar-refractivity contribution in [1.29, 1.82) is 0 Å². The van der Waals surface area contributed by atoms with Gasteiger partial charge in [0.2, 0.25) is 5.82 Å². The van der Waals surface area contributed by atoms with Crippen LogP contribution in [0.1, 0.15) is 10.4 Å². The highest BCUT2D eigenvalue weighted by Gasteiger charge is 2.17. The molecule has 0 radical (unpaired) electrons. The first-order valence-electron chi connectivity index (χ1n) is 5.21. The van der Waals surface area contributed by atoms with E-state index < -0.39 is 22.3 Å². The molecular weight excluding hydrogens is 255 g/mol. The number of nitrogens with one attached hydrogen (secondary N) is 1. The third-order valence-electron chi connectivity index (χ3n) is 2.37. The van der Waals surface area contributed by atoms with Gasteiger partial charge in [0.1, 0.15) is 0 Å².